The van der Waals surface area contributed by atoms with E-state index in [2.05, 4.69) is 5.32 Å². The zero-order valence-electron chi connectivity index (χ0n) is 9.02. The predicted molar refractivity (Wildman–Crippen MR) is 61.3 cm³/mol. The second-order valence-electron chi connectivity index (χ2n) is 3.55. The van der Waals surface area contributed by atoms with E-state index in [4.69, 9.17) is 16.7 Å². The van der Waals surface area contributed by atoms with Crippen LogP contribution >= 0.6 is 11.6 Å². The summed E-state index contributed by atoms with van der Waals surface area (Å²) in [4.78, 5) is 0. The van der Waals surface area contributed by atoms with Gasteiger partial charge in [-0.2, -0.15) is 13.2 Å². The third-order valence-electron chi connectivity index (χ3n) is 2.19. The third-order valence-corrected chi connectivity index (χ3v) is 2.52. The predicted octanol–water partition coefficient (Wildman–Crippen LogP) is 3.54. The molecule has 0 aromatic heterocycles. The number of nitrogens with one attached hydrogen (secondary N) is 1. The van der Waals surface area contributed by atoms with Crippen molar-refractivity contribution in [3.05, 3.63) is 28.8 Å². The Bertz CT molecular complexity index is 368. The lowest BCUT2D eigenvalue weighted by Crippen LogP contribution is -2.08. The number of unbranched alkanes of at least 4 members (excludes halogenated alkanes) is 1. The molecule has 0 aliphatic rings. The van der Waals surface area contributed by atoms with Crippen LogP contribution in [0.3, 0.4) is 0 Å². The summed E-state index contributed by atoms with van der Waals surface area (Å²) in [5, 5.41) is 11.1. The number of aliphatic hydroxyl groups is 1. The molecule has 0 aliphatic heterocycles. The summed E-state index contributed by atoms with van der Waals surface area (Å²) in [6, 6.07) is 3.70. The molecule has 0 amide bonds. The summed E-state index contributed by atoms with van der Waals surface area (Å²) in [7, 11) is 0. The molecule has 0 aliphatic carbocycles. The Kier molecular flexibility index (Phi) is 5.08. The summed E-state index contributed by atoms with van der Waals surface area (Å²) < 4.78 is 37.6. The molecule has 0 bridgehead atoms. The Morgan fingerprint density at radius 1 is 1.24 bits per heavy atom. The van der Waals surface area contributed by atoms with Gasteiger partial charge in [0.05, 0.1) is 10.6 Å². The highest BCUT2D eigenvalue weighted by molar-refractivity contribution is 6.31. The standard InChI is InChI=1S/C11H13ClF3NO/c12-10-4-3-8(16-5-1-2-6-17)7-9(10)11(13,14)15/h3-4,7,16-17H,1-2,5-6H2. The third kappa shape index (κ3) is 4.44. The van der Waals surface area contributed by atoms with Gasteiger partial charge in [-0.3, -0.25) is 0 Å². The van der Waals surface area contributed by atoms with E-state index in [0.29, 0.717) is 25.1 Å². The van der Waals surface area contributed by atoms with Crippen LogP contribution in [0.1, 0.15) is 18.4 Å². The first-order chi connectivity index (χ1) is 7.95. The number of benzene rings is 1. The Hall–Kier alpha value is -0.940. The van der Waals surface area contributed by atoms with Crippen LogP contribution in [0.15, 0.2) is 18.2 Å². The molecule has 0 unspecified atom stereocenters. The lowest BCUT2D eigenvalue weighted by Gasteiger charge is -2.12. The average Bonchev–Trinajstić information content (AvgIpc) is 2.25. The minimum Gasteiger partial charge on any atom is -0.396 e. The molecule has 0 saturated carbocycles. The number of alkyl halides is 3. The molecule has 96 valence electrons. The Morgan fingerprint density at radius 3 is 2.53 bits per heavy atom. The zero-order chi connectivity index (χ0) is 12.9. The van der Waals surface area contributed by atoms with Gasteiger partial charge < -0.3 is 10.4 Å². The van der Waals surface area contributed by atoms with Crippen LogP contribution in [0.4, 0.5) is 18.9 Å². The molecule has 1 rings (SSSR count). The maximum Gasteiger partial charge on any atom is 0.417 e. The van der Waals surface area contributed by atoms with Gasteiger partial charge in [0.25, 0.3) is 0 Å². The van der Waals surface area contributed by atoms with Crippen molar-refractivity contribution >= 4 is 17.3 Å². The molecule has 1 aromatic rings. The molecule has 0 spiro atoms. The van der Waals surface area contributed by atoms with Crippen molar-refractivity contribution in [1.29, 1.82) is 0 Å². The number of halogens is 4. The Balaban J connectivity index is 2.69. The lowest BCUT2D eigenvalue weighted by atomic mass is 10.2. The zero-order valence-corrected chi connectivity index (χ0v) is 9.78. The Morgan fingerprint density at radius 2 is 1.94 bits per heavy atom. The van der Waals surface area contributed by atoms with Crippen LogP contribution in [0.5, 0.6) is 0 Å². The van der Waals surface area contributed by atoms with Gasteiger partial charge in [-0.15, -0.1) is 0 Å². The highest BCUT2D eigenvalue weighted by atomic mass is 35.5. The van der Waals surface area contributed by atoms with E-state index in [1.807, 2.05) is 0 Å². The number of anilines is 1. The normalized spacial score (nSPS) is 11.6. The van der Waals surface area contributed by atoms with Gasteiger partial charge in [-0.25, -0.2) is 0 Å². The fourth-order valence-electron chi connectivity index (χ4n) is 1.32. The molecule has 0 fully saturated rings. The fraction of sp³-hybridized carbons (Fsp3) is 0.455. The molecule has 6 heteroatoms. The second-order valence-corrected chi connectivity index (χ2v) is 3.96. The molecule has 0 heterocycles. The molecule has 1 aromatic carbocycles. The number of rotatable bonds is 5. The monoisotopic (exact) mass is 267 g/mol. The summed E-state index contributed by atoms with van der Waals surface area (Å²) in [6.07, 6.45) is -3.13. The molecule has 0 saturated heterocycles. The first-order valence-electron chi connectivity index (χ1n) is 5.16. The van der Waals surface area contributed by atoms with E-state index < -0.39 is 11.7 Å². The maximum atomic E-state index is 12.5. The highest BCUT2D eigenvalue weighted by Crippen LogP contribution is 2.36. The van der Waals surface area contributed by atoms with Gasteiger partial charge in [0, 0.05) is 18.8 Å². The second kappa shape index (κ2) is 6.12. The maximum absolute atomic E-state index is 12.5. The molecular formula is C11H13ClF3NO. The van der Waals surface area contributed by atoms with Gasteiger partial charge in [-0.1, -0.05) is 11.6 Å². The molecule has 2 N–H and O–H groups in total. The van der Waals surface area contributed by atoms with Crippen molar-refractivity contribution in [2.75, 3.05) is 18.5 Å². The summed E-state index contributed by atoms with van der Waals surface area (Å²) in [5.41, 5.74) is -0.467. The van der Waals surface area contributed by atoms with Crippen molar-refractivity contribution < 1.29 is 18.3 Å². The number of hydrogen-bond donors (Lipinski definition) is 2. The van der Waals surface area contributed by atoms with Crippen molar-refractivity contribution in [1.82, 2.24) is 0 Å². The van der Waals surface area contributed by atoms with Crippen LogP contribution in [-0.4, -0.2) is 18.3 Å². The highest BCUT2D eigenvalue weighted by Gasteiger charge is 2.33. The van der Waals surface area contributed by atoms with Gasteiger partial charge in [0.2, 0.25) is 0 Å². The van der Waals surface area contributed by atoms with E-state index in [9.17, 15) is 13.2 Å². The minimum absolute atomic E-state index is 0.0795. The van der Waals surface area contributed by atoms with Gasteiger partial charge in [0.15, 0.2) is 0 Å². The van der Waals surface area contributed by atoms with E-state index >= 15 is 0 Å². The fourth-order valence-corrected chi connectivity index (χ4v) is 1.55. The van der Waals surface area contributed by atoms with Gasteiger partial charge in [0.1, 0.15) is 0 Å². The average molecular weight is 268 g/mol. The number of aliphatic hydroxyl groups excluding tert-OH is 1. The Labute approximate surface area is 102 Å². The quantitative estimate of drug-likeness (QED) is 0.800. The summed E-state index contributed by atoms with van der Waals surface area (Å²) in [5.74, 6) is 0. The van der Waals surface area contributed by atoms with Gasteiger partial charge >= 0.3 is 6.18 Å². The van der Waals surface area contributed by atoms with Crippen molar-refractivity contribution in [2.45, 2.75) is 19.0 Å². The molecule has 0 radical (unpaired) electrons. The SMILES string of the molecule is OCCCCNc1ccc(Cl)c(C(F)(F)F)c1. The first-order valence-corrected chi connectivity index (χ1v) is 5.54. The first kappa shape index (κ1) is 14.1. The van der Waals surface area contributed by atoms with Crippen molar-refractivity contribution in [2.24, 2.45) is 0 Å². The van der Waals surface area contributed by atoms with Crippen molar-refractivity contribution in [3.8, 4) is 0 Å². The van der Waals surface area contributed by atoms with Crippen molar-refractivity contribution in [3.63, 3.8) is 0 Å². The largest absolute Gasteiger partial charge is 0.417 e. The number of hydrogen-bond acceptors (Lipinski definition) is 2. The summed E-state index contributed by atoms with van der Waals surface area (Å²) in [6.45, 7) is 0.593. The van der Waals surface area contributed by atoms with Crippen LogP contribution < -0.4 is 5.32 Å². The van der Waals surface area contributed by atoms with Gasteiger partial charge in [-0.05, 0) is 31.0 Å². The van der Waals surface area contributed by atoms with Crippen LogP contribution in [0, 0.1) is 0 Å². The van der Waals surface area contributed by atoms with E-state index in [1.54, 1.807) is 0 Å². The van der Waals surface area contributed by atoms with E-state index in [0.717, 1.165) is 6.07 Å². The smallest absolute Gasteiger partial charge is 0.396 e. The molecular weight excluding hydrogens is 255 g/mol. The van der Waals surface area contributed by atoms with Crippen LogP contribution in [-0.2, 0) is 6.18 Å². The molecule has 17 heavy (non-hydrogen) atoms. The van der Waals surface area contributed by atoms with E-state index in [-0.39, 0.29) is 11.6 Å². The topological polar surface area (TPSA) is 32.3 Å². The van der Waals surface area contributed by atoms with Crippen LogP contribution in [0.25, 0.3) is 0 Å². The van der Waals surface area contributed by atoms with Crippen LogP contribution in [0.2, 0.25) is 5.02 Å². The molecule has 0 atom stereocenters. The lowest BCUT2D eigenvalue weighted by molar-refractivity contribution is -0.137. The molecule has 2 nitrogen and oxygen atoms in total. The summed E-state index contributed by atoms with van der Waals surface area (Å²) >= 11 is 5.48. The van der Waals surface area contributed by atoms with E-state index in [1.165, 1.54) is 12.1 Å². The minimum atomic E-state index is -4.44.